The van der Waals surface area contributed by atoms with Crippen LogP contribution in [-0.4, -0.2) is 5.91 Å². The highest BCUT2D eigenvalue weighted by Gasteiger charge is 2.21. The molecule has 0 unspecified atom stereocenters. The molecule has 0 fully saturated rings. The molecule has 2 heteroatoms. The first kappa shape index (κ1) is 14.6. The van der Waals surface area contributed by atoms with E-state index in [1.54, 1.807) is 0 Å². The van der Waals surface area contributed by atoms with E-state index >= 15 is 0 Å². The molecule has 2 aromatic carbocycles. The minimum Gasteiger partial charge on any atom is -0.307 e. The topological polar surface area (TPSA) is 20.3 Å². The quantitative estimate of drug-likeness (QED) is 0.771. The summed E-state index contributed by atoms with van der Waals surface area (Å²) < 4.78 is 0. The van der Waals surface area contributed by atoms with E-state index in [1.807, 2.05) is 42.2 Å². The lowest BCUT2D eigenvalue weighted by atomic mass is 9.96. The average Bonchev–Trinajstić information content (AvgIpc) is 2.52. The van der Waals surface area contributed by atoms with Crippen molar-refractivity contribution in [3.63, 3.8) is 0 Å². The van der Waals surface area contributed by atoms with Crippen LogP contribution in [0.2, 0.25) is 0 Å². The van der Waals surface area contributed by atoms with Crippen LogP contribution in [0.4, 0.5) is 5.69 Å². The Labute approximate surface area is 132 Å². The molecule has 22 heavy (non-hydrogen) atoms. The fourth-order valence-electron chi connectivity index (χ4n) is 3.00. The van der Waals surface area contributed by atoms with Gasteiger partial charge >= 0.3 is 0 Å². The minimum atomic E-state index is 0.194. The predicted molar refractivity (Wildman–Crippen MR) is 92.5 cm³/mol. The van der Waals surface area contributed by atoms with Gasteiger partial charge in [-0.25, -0.2) is 0 Å². The molecule has 1 aliphatic heterocycles. The average molecular weight is 291 g/mol. The van der Waals surface area contributed by atoms with Gasteiger partial charge in [0.25, 0.3) is 0 Å². The van der Waals surface area contributed by atoms with Crippen molar-refractivity contribution in [2.75, 3.05) is 4.90 Å². The first-order valence-electron chi connectivity index (χ1n) is 7.86. The van der Waals surface area contributed by atoms with Crippen LogP contribution in [-0.2, 0) is 11.3 Å². The summed E-state index contributed by atoms with van der Waals surface area (Å²) in [6.45, 7) is 4.80. The third-order valence-corrected chi connectivity index (χ3v) is 4.14. The second-order valence-electron chi connectivity index (χ2n) is 5.77. The van der Waals surface area contributed by atoms with Crippen LogP contribution >= 0.6 is 0 Å². The van der Waals surface area contributed by atoms with Crippen molar-refractivity contribution in [3.8, 4) is 0 Å². The highest BCUT2D eigenvalue weighted by Crippen LogP contribution is 2.33. The number of carbonyl (C=O) groups excluding carboxylic acids is 1. The zero-order valence-electron chi connectivity index (χ0n) is 13.2. The molecule has 0 saturated heterocycles. The predicted octanol–water partition coefficient (Wildman–Crippen LogP) is 4.89. The van der Waals surface area contributed by atoms with Crippen LogP contribution < -0.4 is 4.90 Å². The lowest BCUT2D eigenvalue weighted by molar-refractivity contribution is -0.118. The monoisotopic (exact) mass is 291 g/mol. The molecule has 1 amide bonds. The number of rotatable bonds is 2. The van der Waals surface area contributed by atoms with Crippen LogP contribution in [0.5, 0.6) is 0 Å². The number of anilines is 1. The lowest BCUT2D eigenvalue weighted by Gasteiger charge is -2.28. The number of carbonyl (C=O) groups is 1. The van der Waals surface area contributed by atoms with Gasteiger partial charge in [-0.05, 0) is 36.1 Å². The van der Waals surface area contributed by atoms with Crippen molar-refractivity contribution in [2.24, 2.45) is 0 Å². The Hall–Kier alpha value is -2.35. The first-order valence-corrected chi connectivity index (χ1v) is 7.86. The molecule has 0 radical (unpaired) electrons. The Morgan fingerprint density at radius 1 is 1.09 bits per heavy atom. The second kappa shape index (κ2) is 6.18. The van der Waals surface area contributed by atoms with E-state index in [-0.39, 0.29) is 5.91 Å². The minimum absolute atomic E-state index is 0.194. The largest absolute Gasteiger partial charge is 0.307 e. The summed E-state index contributed by atoms with van der Waals surface area (Å²) in [5.74, 6) is 0.194. The zero-order chi connectivity index (χ0) is 15.5. The molecular weight excluding hydrogens is 270 g/mol. The van der Waals surface area contributed by atoms with Gasteiger partial charge in [-0.2, -0.15) is 0 Å². The van der Waals surface area contributed by atoms with Gasteiger partial charge in [0.05, 0.1) is 12.2 Å². The van der Waals surface area contributed by atoms with Crippen molar-refractivity contribution in [2.45, 2.75) is 33.2 Å². The molecule has 0 bridgehead atoms. The maximum Gasteiger partial charge on any atom is 0.227 e. The Morgan fingerprint density at radius 2 is 1.82 bits per heavy atom. The Balaban J connectivity index is 2.18. The summed E-state index contributed by atoms with van der Waals surface area (Å²) in [6.07, 6.45) is 3.67. The summed E-state index contributed by atoms with van der Waals surface area (Å²) in [6, 6.07) is 16.5. The van der Waals surface area contributed by atoms with E-state index in [9.17, 15) is 4.79 Å². The molecule has 0 aromatic heterocycles. The van der Waals surface area contributed by atoms with Crippen molar-refractivity contribution >= 4 is 23.2 Å². The Kier molecular flexibility index (Phi) is 4.10. The summed E-state index contributed by atoms with van der Waals surface area (Å²) in [5, 5.41) is 0. The highest BCUT2D eigenvalue weighted by atomic mass is 16.2. The smallest absolute Gasteiger partial charge is 0.227 e. The molecule has 3 rings (SSSR count). The molecule has 112 valence electrons. The maximum absolute atomic E-state index is 12.6. The number of allylic oxidation sites excluding steroid dienone is 1. The van der Waals surface area contributed by atoms with E-state index in [4.69, 9.17) is 0 Å². The number of benzene rings is 2. The molecule has 2 aromatic rings. The third kappa shape index (κ3) is 2.69. The summed E-state index contributed by atoms with van der Waals surface area (Å²) >= 11 is 0. The number of nitrogens with zero attached hydrogens (tertiary/aromatic N) is 1. The van der Waals surface area contributed by atoms with E-state index in [0.29, 0.717) is 13.0 Å². The maximum atomic E-state index is 12.6. The number of amides is 1. The van der Waals surface area contributed by atoms with E-state index in [0.717, 1.165) is 17.7 Å². The van der Waals surface area contributed by atoms with Crippen molar-refractivity contribution in [1.82, 2.24) is 0 Å². The second-order valence-corrected chi connectivity index (χ2v) is 5.77. The molecule has 1 aliphatic rings. The molecule has 0 saturated carbocycles. The fraction of sp³-hybridized carbons (Fsp3) is 0.250. The summed E-state index contributed by atoms with van der Waals surface area (Å²) in [7, 11) is 0. The number of hydrogen-bond donors (Lipinski definition) is 0. The van der Waals surface area contributed by atoms with Gasteiger partial charge in [0.1, 0.15) is 0 Å². The van der Waals surface area contributed by atoms with Gasteiger partial charge in [0.2, 0.25) is 5.91 Å². The molecular formula is C20H21NO. The number of fused-ring (bicyclic) bond motifs is 2. The van der Waals surface area contributed by atoms with Crippen molar-refractivity contribution in [3.05, 3.63) is 65.2 Å². The van der Waals surface area contributed by atoms with Crippen LogP contribution in [0.1, 0.15) is 43.4 Å². The Bertz CT molecular complexity index is 730. The van der Waals surface area contributed by atoms with Crippen LogP contribution in [0.25, 0.3) is 11.6 Å². The van der Waals surface area contributed by atoms with Crippen LogP contribution in [0, 0.1) is 0 Å². The SMILES string of the molecule is CCCC(=O)N1Cc2ccccc2/C=C(/C)c2ccccc21. The van der Waals surface area contributed by atoms with E-state index < -0.39 is 0 Å². The summed E-state index contributed by atoms with van der Waals surface area (Å²) in [4.78, 5) is 14.6. The standard InChI is InChI=1S/C20H21NO/c1-3-8-20(22)21-14-17-10-5-4-9-16(17)13-15(2)18-11-6-7-12-19(18)21/h4-7,9-13H,3,8,14H2,1-2H3/b15-13-. The van der Waals surface area contributed by atoms with Gasteiger partial charge in [0.15, 0.2) is 0 Å². The fourth-order valence-corrected chi connectivity index (χ4v) is 3.00. The molecule has 0 spiro atoms. The van der Waals surface area contributed by atoms with E-state index in [2.05, 4.69) is 31.2 Å². The van der Waals surface area contributed by atoms with Gasteiger partial charge in [-0.1, -0.05) is 55.5 Å². The third-order valence-electron chi connectivity index (χ3n) is 4.14. The van der Waals surface area contributed by atoms with Gasteiger partial charge in [-0.3, -0.25) is 4.79 Å². The Morgan fingerprint density at radius 3 is 2.64 bits per heavy atom. The first-order chi connectivity index (χ1) is 10.7. The highest BCUT2D eigenvalue weighted by molar-refractivity contribution is 5.99. The molecule has 1 heterocycles. The zero-order valence-corrected chi connectivity index (χ0v) is 13.2. The lowest BCUT2D eigenvalue weighted by Crippen LogP contribution is -2.31. The van der Waals surface area contributed by atoms with Gasteiger partial charge in [0, 0.05) is 12.0 Å². The molecule has 0 atom stereocenters. The van der Waals surface area contributed by atoms with Crippen LogP contribution in [0.3, 0.4) is 0 Å². The normalized spacial score (nSPS) is 15.9. The number of hydrogen-bond acceptors (Lipinski definition) is 1. The molecule has 2 nitrogen and oxygen atoms in total. The van der Waals surface area contributed by atoms with Gasteiger partial charge < -0.3 is 4.90 Å². The number of para-hydroxylation sites is 1. The van der Waals surface area contributed by atoms with Crippen LogP contribution in [0.15, 0.2) is 48.5 Å². The van der Waals surface area contributed by atoms with E-state index in [1.165, 1.54) is 16.7 Å². The molecule has 0 N–H and O–H groups in total. The van der Waals surface area contributed by atoms with Gasteiger partial charge in [-0.15, -0.1) is 0 Å². The summed E-state index contributed by atoms with van der Waals surface area (Å²) in [5.41, 5.74) is 5.74. The van der Waals surface area contributed by atoms with Crippen molar-refractivity contribution in [1.29, 1.82) is 0 Å². The van der Waals surface area contributed by atoms with Crippen molar-refractivity contribution < 1.29 is 4.79 Å². The molecule has 0 aliphatic carbocycles.